The fourth-order valence-electron chi connectivity index (χ4n) is 8.60. The molecule has 3 aromatic rings. The topological polar surface area (TPSA) is 275 Å². The summed E-state index contributed by atoms with van der Waals surface area (Å²) in [6.45, 7) is 10.4. The van der Waals surface area contributed by atoms with Gasteiger partial charge < -0.3 is 55.0 Å². The number of amides is 5. The van der Waals surface area contributed by atoms with Crippen LogP contribution >= 0.6 is 11.8 Å². The molecule has 4 rings (SSSR count). The molecular formula is C55H76F2N6O14S. The van der Waals surface area contributed by atoms with Gasteiger partial charge in [0.05, 0.1) is 58.0 Å². The summed E-state index contributed by atoms with van der Waals surface area (Å²) in [5.74, 6) is -7.02. The Balaban J connectivity index is 1.15. The van der Waals surface area contributed by atoms with E-state index < -0.39 is 65.3 Å². The summed E-state index contributed by atoms with van der Waals surface area (Å²) < 4.78 is 53.3. The van der Waals surface area contributed by atoms with Gasteiger partial charge >= 0.3 is 11.9 Å². The third kappa shape index (κ3) is 22.0. The first-order chi connectivity index (χ1) is 37.2. The van der Waals surface area contributed by atoms with Crippen molar-refractivity contribution >= 4 is 59.0 Å². The average Bonchev–Trinajstić information content (AvgIpc) is 3.93. The molecular weight excluding hydrogens is 1040 g/mol. The molecule has 6 N–H and O–H groups in total. The van der Waals surface area contributed by atoms with Crippen molar-refractivity contribution < 1.29 is 76.3 Å². The number of aromatic nitrogens is 1. The Kier molecular flexibility index (Phi) is 27.5. The van der Waals surface area contributed by atoms with Gasteiger partial charge in [0.15, 0.2) is 0 Å². The lowest BCUT2D eigenvalue weighted by molar-refractivity contribution is -0.143. The predicted octanol–water partition coefficient (Wildman–Crippen LogP) is 4.99. The molecule has 4 atom stereocenters. The van der Waals surface area contributed by atoms with Crippen LogP contribution in [0.3, 0.4) is 0 Å². The van der Waals surface area contributed by atoms with Crippen LogP contribution in [0.5, 0.6) is 0 Å². The van der Waals surface area contributed by atoms with Crippen LogP contribution in [0.15, 0.2) is 60.8 Å². The van der Waals surface area contributed by atoms with E-state index in [4.69, 9.17) is 24.7 Å². The number of aliphatic carboxylic acids is 2. The van der Waals surface area contributed by atoms with Gasteiger partial charge in [-0.2, -0.15) is 0 Å². The molecule has 1 fully saturated rings. The monoisotopic (exact) mass is 1110 g/mol. The molecule has 78 heavy (non-hydrogen) atoms. The fraction of sp³-hybridized carbons (Fsp3) is 0.564. The van der Waals surface area contributed by atoms with Crippen LogP contribution in [0, 0.1) is 23.0 Å². The number of thioether (sulfide) groups is 1. The highest BCUT2D eigenvalue weighted by atomic mass is 32.2. The third-order valence-electron chi connectivity index (χ3n) is 12.6. The van der Waals surface area contributed by atoms with E-state index in [2.05, 4.69) is 10.6 Å². The average molecular weight is 1120 g/mol. The number of Topliss-reactive ketones (excluding diaryl/α,β-unsaturated/α-hetero) is 1. The van der Waals surface area contributed by atoms with Gasteiger partial charge in [-0.3, -0.25) is 33.7 Å². The second-order valence-corrected chi connectivity index (χ2v) is 21.0. The highest BCUT2D eigenvalue weighted by Gasteiger charge is 2.38. The zero-order chi connectivity index (χ0) is 57.2. The number of nitrogens with two attached hydrogens (primary N) is 1. The summed E-state index contributed by atoms with van der Waals surface area (Å²) in [4.78, 5) is 103. The number of rotatable bonds is 38. The van der Waals surface area contributed by atoms with Crippen molar-refractivity contribution in [2.75, 3.05) is 84.0 Å². The quantitative estimate of drug-likeness (QED) is 0.0373. The number of carboxylic acids is 2. The standard InChI is InChI=1S/C55H76F2N6O14S/c1-37-30-49(67)63(52(37)69)21-17-41(64)12-8-22-74-24-26-76-28-29-77-27-25-75-23-18-48(66)59-44(53(70)71)15-16-47(65)60-45(54(72)73)35-78-36-50(68)62(20-9-19-58)51(55(2,3)4)46-31-39(42-32-40(56)13-14-43(42)57)34-61(46)33-38-10-6-5-7-11-38/h5-7,10-11,13-14,31-32,34,37,44-45,51H,8-9,12,15-30,33,35-36,58H2,1-4H3,(H,59,66)(H,60,65)(H,70,71)(H,72,73)/t37?,44-,45-,51-/m0/s1. The maximum absolute atomic E-state index is 15.2. The lowest BCUT2D eigenvalue weighted by Crippen LogP contribution is -2.46. The molecule has 20 nitrogen and oxygen atoms in total. The molecule has 2 heterocycles. The van der Waals surface area contributed by atoms with Crippen LogP contribution in [0.4, 0.5) is 8.78 Å². The highest BCUT2D eigenvalue weighted by Crippen LogP contribution is 2.41. The molecule has 1 unspecified atom stereocenters. The number of hydrogen-bond acceptors (Lipinski definition) is 14. The third-order valence-corrected chi connectivity index (χ3v) is 13.6. The van der Waals surface area contributed by atoms with Crippen molar-refractivity contribution in [2.24, 2.45) is 17.1 Å². The van der Waals surface area contributed by atoms with Crippen LogP contribution in [0.1, 0.15) is 96.4 Å². The molecule has 5 amide bonds. The van der Waals surface area contributed by atoms with Crippen LogP contribution in [0.25, 0.3) is 11.1 Å². The number of ketones is 1. The molecule has 430 valence electrons. The van der Waals surface area contributed by atoms with E-state index in [0.29, 0.717) is 50.5 Å². The van der Waals surface area contributed by atoms with Crippen LogP contribution in [-0.2, 0) is 63.8 Å². The first-order valence-corrected chi connectivity index (χ1v) is 27.3. The van der Waals surface area contributed by atoms with Gasteiger partial charge in [0.2, 0.25) is 29.5 Å². The minimum atomic E-state index is -1.45. The largest absolute Gasteiger partial charge is 0.480 e. The van der Waals surface area contributed by atoms with E-state index in [1.54, 1.807) is 24.1 Å². The summed E-state index contributed by atoms with van der Waals surface area (Å²) in [5.41, 5.74) is 7.38. The summed E-state index contributed by atoms with van der Waals surface area (Å²) in [7, 11) is 0. The summed E-state index contributed by atoms with van der Waals surface area (Å²) in [6, 6.07) is 11.0. The Bertz CT molecular complexity index is 2460. The van der Waals surface area contributed by atoms with E-state index in [1.165, 1.54) is 0 Å². The molecule has 0 radical (unpaired) electrons. The Morgan fingerprint density at radius 3 is 2.01 bits per heavy atom. The molecule has 0 saturated carbocycles. The summed E-state index contributed by atoms with van der Waals surface area (Å²) in [6.07, 6.45) is 2.32. The van der Waals surface area contributed by atoms with Crippen molar-refractivity contribution in [3.8, 4) is 11.1 Å². The molecule has 0 spiro atoms. The number of carboxylic acid groups (broad SMARTS) is 2. The molecule has 1 saturated heterocycles. The van der Waals surface area contributed by atoms with Gasteiger partial charge in [0.25, 0.3) is 0 Å². The van der Waals surface area contributed by atoms with Gasteiger partial charge in [0, 0.05) is 93.0 Å². The molecule has 1 aliphatic rings. The lowest BCUT2D eigenvalue weighted by Gasteiger charge is -2.41. The maximum Gasteiger partial charge on any atom is 0.327 e. The Labute approximate surface area is 458 Å². The minimum Gasteiger partial charge on any atom is -0.480 e. The van der Waals surface area contributed by atoms with E-state index in [9.17, 15) is 53.0 Å². The van der Waals surface area contributed by atoms with Crippen molar-refractivity contribution in [2.45, 2.75) is 104 Å². The Morgan fingerprint density at radius 2 is 1.41 bits per heavy atom. The summed E-state index contributed by atoms with van der Waals surface area (Å²) >= 11 is 0.983. The zero-order valence-electron chi connectivity index (χ0n) is 45.0. The second-order valence-electron chi connectivity index (χ2n) is 19.9. The number of carbonyl (C=O) groups excluding carboxylic acids is 6. The van der Waals surface area contributed by atoms with E-state index in [0.717, 1.165) is 40.4 Å². The number of benzene rings is 2. The zero-order valence-corrected chi connectivity index (χ0v) is 45.8. The normalized spacial score (nSPS) is 14.8. The highest BCUT2D eigenvalue weighted by molar-refractivity contribution is 8.00. The first-order valence-electron chi connectivity index (χ1n) is 26.2. The fourth-order valence-corrected chi connectivity index (χ4v) is 9.52. The van der Waals surface area contributed by atoms with E-state index >= 15 is 4.39 Å². The minimum absolute atomic E-state index is 0.0406. The maximum atomic E-state index is 15.2. The van der Waals surface area contributed by atoms with Crippen LogP contribution in [0.2, 0.25) is 0 Å². The predicted molar refractivity (Wildman–Crippen MR) is 286 cm³/mol. The number of likely N-dealkylation sites (tertiary alicyclic amines) is 1. The molecule has 1 aromatic heterocycles. The van der Waals surface area contributed by atoms with Crippen molar-refractivity contribution in [1.82, 2.24) is 25.0 Å². The van der Waals surface area contributed by atoms with Crippen molar-refractivity contribution in [1.29, 1.82) is 0 Å². The number of ether oxygens (including phenoxy) is 4. The molecule has 0 aliphatic carbocycles. The Hall–Kier alpha value is -6.11. The number of imide groups is 1. The van der Waals surface area contributed by atoms with Gasteiger partial charge in [0.1, 0.15) is 29.5 Å². The lowest BCUT2D eigenvalue weighted by atomic mass is 9.83. The van der Waals surface area contributed by atoms with E-state index in [1.807, 2.05) is 55.7 Å². The van der Waals surface area contributed by atoms with Gasteiger partial charge in [-0.25, -0.2) is 18.4 Å². The summed E-state index contributed by atoms with van der Waals surface area (Å²) in [5, 5.41) is 24.5. The molecule has 0 bridgehead atoms. The molecule has 2 aromatic carbocycles. The van der Waals surface area contributed by atoms with Gasteiger partial charge in [-0.1, -0.05) is 58.0 Å². The number of nitrogens with one attached hydrogen (secondary N) is 2. The smallest absolute Gasteiger partial charge is 0.327 e. The van der Waals surface area contributed by atoms with Crippen LogP contribution < -0.4 is 16.4 Å². The number of nitrogens with zero attached hydrogens (tertiary/aromatic N) is 3. The number of hydrogen-bond donors (Lipinski definition) is 5. The molecule has 1 aliphatic heterocycles. The molecule has 23 heteroatoms. The van der Waals surface area contributed by atoms with Crippen LogP contribution in [-0.4, -0.2) is 168 Å². The number of carbonyl (C=O) groups is 8. The Morgan fingerprint density at radius 1 is 0.795 bits per heavy atom. The second kappa shape index (κ2) is 33.4. The van der Waals surface area contributed by atoms with Gasteiger partial charge in [-0.15, -0.1) is 11.8 Å². The van der Waals surface area contributed by atoms with Crippen molar-refractivity contribution in [3.05, 3.63) is 83.7 Å². The SMILES string of the molecule is CC1CC(=O)N(CCC(=O)CCCOCCOCCOCCOCCC(=O)N[C@@H](CCC(=O)N[C@@H](CSCC(=O)N(CCCN)[C@@H](c2cc(-c3cc(F)ccc3F)cn2Cc2ccccc2)C(C)(C)C)C(=O)O)C(=O)O)C1=O. The van der Waals surface area contributed by atoms with Crippen molar-refractivity contribution in [3.63, 3.8) is 0 Å². The first kappa shape index (κ1) is 64.4. The number of halogens is 2. The van der Waals surface area contributed by atoms with E-state index in [-0.39, 0.29) is 131 Å². The van der Waals surface area contributed by atoms with Gasteiger partial charge in [-0.05, 0) is 61.1 Å².